The predicted molar refractivity (Wildman–Crippen MR) is 244 cm³/mol. The maximum absolute atomic E-state index is 13.4. The monoisotopic (exact) mass is 866 g/mol. The molecular formula is C47H67N11O5. The summed E-state index contributed by atoms with van der Waals surface area (Å²) < 4.78 is 11.8. The van der Waals surface area contributed by atoms with Gasteiger partial charge in [-0.3, -0.25) is 14.4 Å². The second kappa shape index (κ2) is 18.9. The van der Waals surface area contributed by atoms with Gasteiger partial charge in [0.2, 0.25) is 17.8 Å². The Kier molecular flexibility index (Phi) is 13.4. The smallest absolute Gasteiger partial charge is 0.254 e. The van der Waals surface area contributed by atoms with E-state index in [0.29, 0.717) is 65.3 Å². The lowest BCUT2D eigenvalue weighted by Crippen LogP contribution is -2.63. The van der Waals surface area contributed by atoms with Gasteiger partial charge >= 0.3 is 0 Å². The van der Waals surface area contributed by atoms with Crippen molar-refractivity contribution in [2.24, 2.45) is 16.7 Å². The Morgan fingerprint density at radius 3 is 2.22 bits per heavy atom. The number of carbonyl (C=O) groups excluding carboxylic acids is 3. The Morgan fingerprint density at radius 2 is 1.54 bits per heavy atom. The first-order valence-corrected chi connectivity index (χ1v) is 23.1. The number of anilines is 5. The Bertz CT molecular complexity index is 2080. The van der Waals surface area contributed by atoms with Crippen molar-refractivity contribution in [2.75, 3.05) is 86.7 Å². The number of methoxy groups -OCH3 is 1. The Balaban J connectivity index is 0.717. The van der Waals surface area contributed by atoms with Crippen LogP contribution in [0.1, 0.15) is 113 Å². The van der Waals surface area contributed by atoms with Gasteiger partial charge in [0, 0.05) is 82.5 Å². The van der Waals surface area contributed by atoms with Gasteiger partial charge in [-0.15, -0.1) is 0 Å². The number of nitrogens with zero attached hydrogens (tertiary/aromatic N) is 8. The number of aromatic nitrogens is 4. The van der Waals surface area contributed by atoms with Crippen molar-refractivity contribution >= 4 is 46.8 Å². The largest absolute Gasteiger partial charge is 0.495 e. The average molecular weight is 866 g/mol. The Hall–Kier alpha value is -5.09. The molecule has 5 heterocycles. The molecule has 5 aliphatic rings. The topological polar surface area (TPSA) is 170 Å². The van der Waals surface area contributed by atoms with Crippen molar-refractivity contribution in [1.29, 1.82) is 0 Å². The Morgan fingerprint density at radius 1 is 0.841 bits per heavy atom. The molecule has 8 rings (SSSR count). The van der Waals surface area contributed by atoms with Gasteiger partial charge in [0.05, 0.1) is 37.7 Å². The molecule has 2 saturated carbocycles. The summed E-state index contributed by atoms with van der Waals surface area (Å²) in [5.41, 5.74) is 2.57. The van der Waals surface area contributed by atoms with E-state index in [-0.39, 0.29) is 40.6 Å². The summed E-state index contributed by atoms with van der Waals surface area (Å²) in [6.07, 6.45) is 15.5. The fraction of sp³-hybridized carbons (Fsp3) is 0.638. The summed E-state index contributed by atoms with van der Waals surface area (Å²) in [6, 6.07) is 5.88. The molecule has 2 aliphatic carbocycles. The fourth-order valence-electron chi connectivity index (χ4n) is 11.0. The zero-order valence-corrected chi connectivity index (χ0v) is 38.1. The molecule has 2 aromatic heterocycles. The first kappa shape index (κ1) is 44.5. The molecule has 16 nitrogen and oxygen atoms in total. The summed E-state index contributed by atoms with van der Waals surface area (Å²) in [6.45, 7) is 15.1. The molecule has 0 radical (unpaired) electrons. The van der Waals surface area contributed by atoms with Crippen molar-refractivity contribution in [3.63, 3.8) is 0 Å². The van der Waals surface area contributed by atoms with Crippen LogP contribution in [0.4, 0.5) is 29.1 Å². The summed E-state index contributed by atoms with van der Waals surface area (Å²) in [4.78, 5) is 66.0. The van der Waals surface area contributed by atoms with E-state index in [0.717, 1.165) is 109 Å². The van der Waals surface area contributed by atoms with Crippen LogP contribution in [-0.2, 0) is 9.53 Å². The highest BCUT2D eigenvalue weighted by molar-refractivity contribution is 6.02. The lowest BCUT2D eigenvalue weighted by Gasteiger charge is -2.57. The zero-order chi connectivity index (χ0) is 44.3. The first-order chi connectivity index (χ1) is 30.3. The third-order valence-corrected chi connectivity index (χ3v) is 14.2. The van der Waals surface area contributed by atoms with Crippen molar-refractivity contribution in [3.8, 4) is 5.75 Å². The van der Waals surface area contributed by atoms with Crippen molar-refractivity contribution in [3.05, 3.63) is 47.9 Å². The molecule has 16 heteroatoms. The van der Waals surface area contributed by atoms with E-state index in [9.17, 15) is 14.4 Å². The van der Waals surface area contributed by atoms with Gasteiger partial charge in [-0.2, -0.15) is 4.98 Å². The number of likely N-dealkylation sites (tertiary alicyclic amines) is 1. The molecule has 0 atom stereocenters. The van der Waals surface area contributed by atoms with Crippen LogP contribution in [0.2, 0.25) is 0 Å². The highest BCUT2D eigenvalue weighted by atomic mass is 16.5. The van der Waals surface area contributed by atoms with Gasteiger partial charge in [0.1, 0.15) is 11.4 Å². The van der Waals surface area contributed by atoms with E-state index in [1.165, 1.54) is 0 Å². The van der Waals surface area contributed by atoms with Crippen molar-refractivity contribution in [1.82, 2.24) is 35.5 Å². The first-order valence-electron chi connectivity index (χ1n) is 23.1. The van der Waals surface area contributed by atoms with E-state index in [1.807, 2.05) is 6.07 Å². The van der Waals surface area contributed by atoms with Gasteiger partial charge in [0.25, 0.3) is 11.8 Å². The number of carbonyl (C=O) groups is 3. The van der Waals surface area contributed by atoms with Gasteiger partial charge in [0.15, 0.2) is 5.82 Å². The second-order valence-corrected chi connectivity index (χ2v) is 19.7. The molecule has 2 saturated heterocycles. The number of hydrogen-bond acceptors (Lipinski definition) is 13. The van der Waals surface area contributed by atoms with E-state index >= 15 is 0 Å². The highest BCUT2D eigenvalue weighted by Crippen LogP contribution is 2.53. The number of amides is 3. The molecule has 340 valence electrons. The average Bonchev–Trinajstić information content (AvgIpc) is 3.82. The zero-order valence-electron chi connectivity index (χ0n) is 38.1. The molecule has 3 amide bonds. The van der Waals surface area contributed by atoms with Crippen molar-refractivity contribution in [2.45, 2.75) is 110 Å². The molecule has 3 aromatic rings. The SMILES string of the molecule is COc1cc(C(=O)NC2CCN(CCOCCC3CCN(c4ncc(C(=O)NC5C(C)(C)CC5(C)C)cn4)CC3)CC2)ccc1Nc1ncc2c(n1)N(C1CCCC1)CC(=O)N2C. The number of piperidine rings is 2. The van der Waals surface area contributed by atoms with Gasteiger partial charge in [-0.1, -0.05) is 40.5 Å². The highest BCUT2D eigenvalue weighted by Gasteiger charge is 2.53. The van der Waals surface area contributed by atoms with Crippen LogP contribution in [0.5, 0.6) is 5.75 Å². The molecule has 3 N–H and O–H groups in total. The van der Waals surface area contributed by atoms with Gasteiger partial charge < -0.3 is 45.0 Å². The lowest BCUT2D eigenvalue weighted by atomic mass is 9.52. The standard InChI is InChI=1S/C47H67N11O5/c1-46(2)30-47(3,4)43(46)54-42(61)33-26-49-45(50-27-33)57-20-13-31(14-21-57)17-23-63-24-22-56-18-15-34(16-19-56)51-41(60)32-11-12-36(38(25-32)62-6)52-44-48-28-37-40(53-44)58(29-39(59)55(37)5)35-9-7-8-10-35/h11-12,25-28,31,34-35,43H,7-10,13-24,29-30H2,1-6H3,(H,51,60)(H,54,61)(H,48,52,53). The molecule has 63 heavy (non-hydrogen) atoms. The number of likely N-dealkylation sites (N-methyl/N-ethyl adjacent to an activating group) is 1. The molecule has 0 spiro atoms. The third kappa shape index (κ3) is 10.2. The van der Waals surface area contributed by atoms with E-state index in [1.54, 1.807) is 49.8 Å². The van der Waals surface area contributed by atoms with Crippen LogP contribution in [0.25, 0.3) is 0 Å². The van der Waals surface area contributed by atoms with Crippen LogP contribution in [0, 0.1) is 16.7 Å². The maximum Gasteiger partial charge on any atom is 0.254 e. The maximum atomic E-state index is 13.4. The molecule has 3 aliphatic heterocycles. The van der Waals surface area contributed by atoms with E-state index in [4.69, 9.17) is 14.5 Å². The van der Waals surface area contributed by atoms with Crippen LogP contribution in [-0.4, -0.2) is 127 Å². The minimum atomic E-state index is -0.125. The number of nitrogens with one attached hydrogen (secondary N) is 3. The third-order valence-electron chi connectivity index (χ3n) is 14.2. The van der Waals surface area contributed by atoms with Crippen LogP contribution in [0.15, 0.2) is 36.8 Å². The normalized spacial score (nSPS) is 20.9. The second-order valence-electron chi connectivity index (χ2n) is 19.7. The molecule has 4 fully saturated rings. The van der Waals surface area contributed by atoms with Crippen molar-refractivity contribution < 1.29 is 23.9 Å². The van der Waals surface area contributed by atoms with Gasteiger partial charge in [-0.05, 0) is 86.3 Å². The van der Waals surface area contributed by atoms with E-state index < -0.39 is 0 Å². The minimum Gasteiger partial charge on any atom is -0.495 e. The molecule has 0 bridgehead atoms. The summed E-state index contributed by atoms with van der Waals surface area (Å²) >= 11 is 0. The van der Waals surface area contributed by atoms with Gasteiger partial charge in [-0.25, -0.2) is 15.0 Å². The van der Waals surface area contributed by atoms with E-state index in [2.05, 4.69) is 73.3 Å². The van der Waals surface area contributed by atoms with Crippen LogP contribution < -0.4 is 35.4 Å². The molecular weight excluding hydrogens is 799 g/mol. The fourth-order valence-corrected chi connectivity index (χ4v) is 11.0. The Labute approximate surface area is 372 Å². The number of ether oxygens (including phenoxy) is 2. The number of benzene rings is 1. The molecule has 1 aromatic carbocycles. The lowest BCUT2D eigenvalue weighted by molar-refractivity contribution is -0.117. The predicted octanol–water partition coefficient (Wildman–Crippen LogP) is 5.82. The summed E-state index contributed by atoms with van der Waals surface area (Å²) in [7, 11) is 3.35. The molecule has 0 unspecified atom stereocenters. The quantitative estimate of drug-likeness (QED) is 0.157. The van der Waals surface area contributed by atoms with Crippen LogP contribution in [0.3, 0.4) is 0 Å². The number of rotatable bonds is 15. The number of fused-ring (bicyclic) bond motifs is 1. The van der Waals surface area contributed by atoms with Crippen LogP contribution >= 0.6 is 0 Å². The number of hydrogen-bond donors (Lipinski definition) is 3. The minimum absolute atomic E-state index is 0.0397. The summed E-state index contributed by atoms with van der Waals surface area (Å²) in [5.74, 6) is 2.79. The summed E-state index contributed by atoms with van der Waals surface area (Å²) in [5, 5.41) is 9.74.